The molecule has 9 heteroatoms. The normalized spacial score (nSPS) is 10.5. The number of hydrogen-bond donors (Lipinski definition) is 2. The summed E-state index contributed by atoms with van der Waals surface area (Å²) in [5.41, 5.74) is 6.17. The summed E-state index contributed by atoms with van der Waals surface area (Å²) in [6.45, 7) is 0.702. The van der Waals surface area contributed by atoms with E-state index in [4.69, 9.17) is 50.0 Å². The van der Waals surface area contributed by atoms with Crippen LogP contribution in [-0.4, -0.2) is 31.2 Å². The Labute approximate surface area is 153 Å². The third-order valence-corrected chi connectivity index (χ3v) is 3.79. The molecule has 1 heterocycles. The molecule has 2 aromatic rings. The molecule has 3 N–H and O–H groups in total. The van der Waals surface area contributed by atoms with Crippen LogP contribution in [-0.2, 0) is 4.74 Å². The second kappa shape index (κ2) is 8.39. The molecule has 1 aromatic heterocycles. The van der Waals surface area contributed by atoms with Crippen LogP contribution in [0.3, 0.4) is 0 Å². The van der Waals surface area contributed by atoms with E-state index in [9.17, 15) is 4.79 Å². The Balaban J connectivity index is 2.14. The summed E-state index contributed by atoms with van der Waals surface area (Å²) >= 11 is 18.1. The molecular weight excluding hydrogens is 377 g/mol. The fraction of sp³-hybridized carbons (Fsp3) is 0.200. The molecule has 0 aliphatic heterocycles. The van der Waals surface area contributed by atoms with E-state index in [2.05, 4.69) is 10.3 Å². The van der Waals surface area contributed by atoms with E-state index in [1.54, 1.807) is 7.11 Å². The number of rotatable bonds is 6. The van der Waals surface area contributed by atoms with Crippen molar-refractivity contribution >= 4 is 52.2 Å². The predicted octanol–water partition coefficient (Wildman–Crippen LogP) is 3.90. The molecule has 128 valence electrons. The van der Waals surface area contributed by atoms with Gasteiger partial charge in [-0.05, 0) is 18.2 Å². The number of methoxy groups -OCH3 is 1. The number of anilines is 2. The van der Waals surface area contributed by atoms with E-state index in [0.717, 1.165) is 0 Å². The molecule has 1 aromatic carbocycles. The fourth-order valence-corrected chi connectivity index (χ4v) is 2.54. The highest BCUT2D eigenvalue weighted by molar-refractivity contribution is 6.37. The van der Waals surface area contributed by atoms with Crippen LogP contribution >= 0.6 is 34.8 Å². The molecule has 0 radical (unpaired) electrons. The largest absolute Gasteiger partial charge is 0.488 e. The number of pyridine rings is 1. The van der Waals surface area contributed by atoms with Gasteiger partial charge in [0.25, 0.3) is 5.91 Å². The third kappa shape index (κ3) is 4.64. The molecule has 1 amide bonds. The van der Waals surface area contributed by atoms with Gasteiger partial charge in [-0.25, -0.2) is 4.98 Å². The Bertz CT molecular complexity index is 733. The quantitative estimate of drug-likeness (QED) is 0.731. The van der Waals surface area contributed by atoms with Crippen LogP contribution in [0.1, 0.15) is 10.4 Å². The summed E-state index contributed by atoms with van der Waals surface area (Å²) in [5, 5.41) is 3.38. The molecule has 0 fully saturated rings. The first-order valence-corrected chi connectivity index (χ1v) is 7.89. The molecule has 0 aliphatic carbocycles. The Morgan fingerprint density at radius 3 is 2.42 bits per heavy atom. The Kier molecular flexibility index (Phi) is 6.51. The van der Waals surface area contributed by atoms with Crippen LogP contribution in [0.15, 0.2) is 24.4 Å². The fourth-order valence-electron chi connectivity index (χ4n) is 1.77. The van der Waals surface area contributed by atoms with Crippen molar-refractivity contribution in [3.05, 3.63) is 45.0 Å². The zero-order chi connectivity index (χ0) is 17.7. The third-order valence-electron chi connectivity index (χ3n) is 2.92. The number of carbonyl (C=O) groups excluding carboxylic acids is 1. The minimum atomic E-state index is -0.426. The SMILES string of the molecule is COCCOc1c(Cl)cc(NC(=O)c2cnc(N)c(Cl)c2)cc1Cl. The number of amides is 1. The number of halogens is 3. The molecule has 24 heavy (non-hydrogen) atoms. The number of aromatic nitrogens is 1. The summed E-state index contributed by atoms with van der Waals surface area (Å²) in [5.74, 6) is 0.0482. The van der Waals surface area contributed by atoms with Gasteiger partial charge in [0.15, 0.2) is 5.75 Å². The van der Waals surface area contributed by atoms with E-state index in [0.29, 0.717) is 24.7 Å². The van der Waals surface area contributed by atoms with Crippen molar-refractivity contribution < 1.29 is 14.3 Å². The minimum absolute atomic E-state index is 0.150. The van der Waals surface area contributed by atoms with Crippen LogP contribution in [0, 0.1) is 0 Å². The van der Waals surface area contributed by atoms with Gasteiger partial charge in [0.05, 0.1) is 27.2 Å². The Morgan fingerprint density at radius 2 is 1.83 bits per heavy atom. The van der Waals surface area contributed by atoms with Crippen LogP contribution in [0.25, 0.3) is 0 Å². The molecule has 0 unspecified atom stereocenters. The first-order valence-electron chi connectivity index (χ1n) is 6.75. The smallest absolute Gasteiger partial charge is 0.257 e. The molecule has 0 saturated carbocycles. The maximum absolute atomic E-state index is 12.2. The molecule has 0 spiro atoms. The average Bonchev–Trinajstić information content (AvgIpc) is 2.52. The van der Waals surface area contributed by atoms with Crippen molar-refractivity contribution in [2.45, 2.75) is 0 Å². The summed E-state index contributed by atoms with van der Waals surface area (Å²) in [6, 6.07) is 4.48. The van der Waals surface area contributed by atoms with Gasteiger partial charge in [-0.15, -0.1) is 0 Å². The summed E-state index contributed by atoms with van der Waals surface area (Å²) in [7, 11) is 1.56. The maximum Gasteiger partial charge on any atom is 0.257 e. The van der Waals surface area contributed by atoms with Crippen molar-refractivity contribution in [3.8, 4) is 5.75 Å². The van der Waals surface area contributed by atoms with Crippen molar-refractivity contribution in [3.63, 3.8) is 0 Å². The number of benzene rings is 1. The lowest BCUT2D eigenvalue weighted by molar-refractivity contribution is 0.102. The van der Waals surface area contributed by atoms with Crippen LogP contribution in [0.4, 0.5) is 11.5 Å². The van der Waals surface area contributed by atoms with Gasteiger partial charge < -0.3 is 20.5 Å². The van der Waals surface area contributed by atoms with Gasteiger partial charge in [-0.1, -0.05) is 34.8 Å². The van der Waals surface area contributed by atoms with E-state index < -0.39 is 5.91 Å². The molecule has 6 nitrogen and oxygen atoms in total. The highest BCUT2D eigenvalue weighted by atomic mass is 35.5. The number of ether oxygens (including phenoxy) is 2. The monoisotopic (exact) mass is 389 g/mol. The van der Waals surface area contributed by atoms with E-state index in [-0.39, 0.29) is 26.4 Å². The number of nitrogen functional groups attached to an aromatic ring is 1. The summed E-state index contributed by atoms with van der Waals surface area (Å²) in [6.07, 6.45) is 1.32. The van der Waals surface area contributed by atoms with Crippen molar-refractivity contribution in [2.75, 3.05) is 31.4 Å². The first-order chi connectivity index (χ1) is 11.4. The lowest BCUT2D eigenvalue weighted by Gasteiger charge is -2.12. The number of nitrogens with zero attached hydrogens (tertiary/aromatic N) is 1. The van der Waals surface area contributed by atoms with E-state index in [1.165, 1.54) is 24.4 Å². The van der Waals surface area contributed by atoms with Crippen molar-refractivity contribution in [2.24, 2.45) is 0 Å². The number of hydrogen-bond acceptors (Lipinski definition) is 5. The second-order valence-electron chi connectivity index (χ2n) is 4.66. The topological polar surface area (TPSA) is 86.5 Å². The first kappa shape index (κ1) is 18.6. The molecule has 0 aliphatic rings. The van der Waals surface area contributed by atoms with Crippen LogP contribution in [0.2, 0.25) is 15.1 Å². The van der Waals surface area contributed by atoms with Gasteiger partial charge in [0.2, 0.25) is 0 Å². The van der Waals surface area contributed by atoms with E-state index in [1.807, 2.05) is 0 Å². The molecule has 0 bridgehead atoms. The van der Waals surface area contributed by atoms with Gasteiger partial charge in [0.1, 0.15) is 12.4 Å². The zero-order valence-corrected chi connectivity index (χ0v) is 14.9. The standard InChI is InChI=1S/C15H14Cl3N3O3/c1-23-2-3-24-13-10(16)5-9(6-11(13)17)21-15(22)8-4-12(18)14(19)20-7-8/h4-7H,2-3H2,1H3,(H2,19,20)(H,21,22). The van der Waals surface area contributed by atoms with Crippen molar-refractivity contribution in [1.29, 1.82) is 0 Å². The molecule has 0 atom stereocenters. The van der Waals surface area contributed by atoms with Gasteiger partial charge in [-0.2, -0.15) is 0 Å². The maximum atomic E-state index is 12.2. The molecular formula is C15H14Cl3N3O3. The number of carbonyl (C=O) groups is 1. The highest BCUT2D eigenvalue weighted by Gasteiger charge is 2.13. The number of nitrogens with one attached hydrogen (secondary N) is 1. The zero-order valence-electron chi connectivity index (χ0n) is 12.6. The summed E-state index contributed by atoms with van der Waals surface area (Å²) in [4.78, 5) is 16.0. The Hall–Kier alpha value is -1.73. The van der Waals surface area contributed by atoms with Crippen molar-refractivity contribution in [1.82, 2.24) is 4.98 Å². The predicted molar refractivity (Wildman–Crippen MR) is 95.4 cm³/mol. The van der Waals surface area contributed by atoms with Gasteiger partial charge in [-0.3, -0.25) is 4.79 Å². The summed E-state index contributed by atoms with van der Waals surface area (Å²) < 4.78 is 10.3. The van der Waals surface area contributed by atoms with Gasteiger partial charge >= 0.3 is 0 Å². The number of nitrogens with two attached hydrogens (primary N) is 1. The van der Waals surface area contributed by atoms with Crippen LogP contribution < -0.4 is 15.8 Å². The van der Waals surface area contributed by atoms with Gasteiger partial charge in [0, 0.05) is 19.0 Å². The van der Waals surface area contributed by atoms with E-state index >= 15 is 0 Å². The lowest BCUT2D eigenvalue weighted by Crippen LogP contribution is -2.13. The highest BCUT2D eigenvalue weighted by Crippen LogP contribution is 2.36. The molecule has 2 rings (SSSR count). The second-order valence-corrected chi connectivity index (χ2v) is 5.88. The average molecular weight is 391 g/mol. The van der Waals surface area contributed by atoms with Crippen LogP contribution in [0.5, 0.6) is 5.75 Å². The lowest BCUT2D eigenvalue weighted by atomic mass is 10.2. The molecule has 0 saturated heterocycles. The Morgan fingerprint density at radius 1 is 1.17 bits per heavy atom. The minimum Gasteiger partial charge on any atom is -0.488 e.